The van der Waals surface area contributed by atoms with Crippen molar-refractivity contribution in [2.24, 2.45) is 0 Å². The normalized spacial score (nSPS) is 14.1. The van der Waals surface area contributed by atoms with Crippen molar-refractivity contribution in [3.05, 3.63) is 73.8 Å². The van der Waals surface area contributed by atoms with Crippen LogP contribution in [0.5, 0.6) is 0 Å². The second-order valence-electron chi connectivity index (χ2n) is 6.33. The van der Waals surface area contributed by atoms with Crippen LogP contribution in [0.15, 0.2) is 42.5 Å². The zero-order valence-electron chi connectivity index (χ0n) is 15.0. The molecule has 2 aromatic rings. The molecule has 1 heterocycles. The number of rotatable bonds is 5. The van der Waals surface area contributed by atoms with Crippen molar-refractivity contribution < 1.29 is 19.3 Å². The molecule has 10 heteroatoms. The van der Waals surface area contributed by atoms with Crippen molar-refractivity contribution in [3.8, 4) is 0 Å². The summed E-state index contributed by atoms with van der Waals surface area (Å²) in [6.07, 6.45) is 0.547. The lowest BCUT2D eigenvalue weighted by molar-refractivity contribution is -0.385. The van der Waals surface area contributed by atoms with E-state index in [1.807, 2.05) is 0 Å². The molecule has 0 spiro atoms. The lowest BCUT2D eigenvalue weighted by atomic mass is 10.1. The van der Waals surface area contributed by atoms with Crippen LogP contribution in [-0.4, -0.2) is 32.7 Å². The Morgan fingerprint density at radius 3 is 2.38 bits per heavy atom. The maximum Gasteiger partial charge on any atom is 0.275 e. The van der Waals surface area contributed by atoms with Gasteiger partial charge < -0.3 is 0 Å². The van der Waals surface area contributed by atoms with Gasteiger partial charge in [-0.2, -0.15) is 5.01 Å². The highest BCUT2D eigenvalue weighted by Crippen LogP contribution is 2.28. The van der Waals surface area contributed by atoms with E-state index < -0.39 is 22.6 Å². The number of amides is 3. The molecule has 3 amide bonds. The Morgan fingerprint density at radius 1 is 1.10 bits per heavy atom. The number of halogens is 2. The van der Waals surface area contributed by atoms with E-state index in [0.717, 1.165) is 16.1 Å². The summed E-state index contributed by atoms with van der Waals surface area (Å²) in [5.74, 6) is -1.83. The number of nitro benzene ring substituents is 1. The number of hydrogen-bond acceptors (Lipinski definition) is 5. The fraction of sp³-hybridized carbons (Fsp3) is 0.211. The first-order chi connectivity index (χ1) is 13.8. The maximum absolute atomic E-state index is 13.2. The van der Waals surface area contributed by atoms with Crippen molar-refractivity contribution >= 4 is 46.6 Å². The van der Waals surface area contributed by atoms with Crippen LogP contribution < -0.4 is 0 Å². The van der Waals surface area contributed by atoms with Crippen molar-refractivity contribution in [1.82, 2.24) is 10.0 Å². The molecule has 0 atom stereocenters. The summed E-state index contributed by atoms with van der Waals surface area (Å²) in [6.45, 7) is -0.380. The number of imide groups is 1. The number of carbonyl (C=O) groups excluding carboxylic acids is 3. The molecule has 0 N–H and O–H groups in total. The molecular formula is C19H15Cl2N3O5. The first-order valence-corrected chi connectivity index (χ1v) is 9.40. The van der Waals surface area contributed by atoms with E-state index in [0.29, 0.717) is 6.42 Å². The van der Waals surface area contributed by atoms with Crippen LogP contribution in [0.1, 0.15) is 35.2 Å². The Bertz CT molecular complexity index is 995. The zero-order chi connectivity index (χ0) is 21.1. The average Bonchev–Trinajstić information content (AvgIpc) is 2.67. The molecule has 1 fully saturated rings. The van der Waals surface area contributed by atoms with E-state index in [1.165, 1.54) is 24.3 Å². The van der Waals surface area contributed by atoms with Gasteiger partial charge in [0.2, 0.25) is 11.8 Å². The Kier molecular flexibility index (Phi) is 6.14. The number of nitrogens with zero attached hydrogens (tertiary/aromatic N) is 3. The van der Waals surface area contributed by atoms with Crippen molar-refractivity contribution in [1.29, 1.82) is 0 Å². The van der Waals surface area contributed by atoms with Gasteiger partial charge in [-0.25, -0.2) is 5.01 Å². The van der Waals surface area contributed by atoms with Crippen LogP contribution in [0.2, 0.25) is 10.0 Å². The van der Waals surface area contributed by atoms with Gasteiger partial charge in [-0.05, 0) is 30.7 Å². The van der Waals surface area contributed by atoms with Gasteiger partial charge >= 0.3 is 0 Å². The molecule has 1 aliphatic heterocycles. The minimum Gasteiger partial charge on any atom is -0.273 e. The first kappa shape index (κ1) is 20.8. The largest absolute Gasteiger partial charge is 0.275 e. The quantitative estimate of drug-likeness (QED) is 0.401. The monoisotopic (exact) mass is 435 g/mol. The molecule has 29 heavy (non-hydrogen) atoms. The third-order valence-corrected chi connectivity index (χ3v) is 4.96. The second-order valence-corrected chi connectivity index (χ2v) is 7.17. The van der Waals surface area contributed by atoms with Crippen LogP contribution in [0, 0.1) is 10.1 Å². The van der Waals surface area contributed by atoms with Crippen molar-refractivity contribution in [3.63, 3.8) is 0 Å². The van der Waals surface area contributed by atoms with Crippen LogP contribution in [0.3, 0.4) is 0 Å². The van der Waals surface area contributed by atoms with Crippen molar-refractivity contribution in [2.75, 3.05) is 0 Å². The molecule has 3 rings (SSSR count). The van der Waals surface area contributed by atoms with Gasteiger partial charge in [-0.15, -0.1) is 0 Å². The van der Waals surface area contributed by atoms with Crippen LogP contribution >= 0.6 is 23.2 Å². The molecule has 2 aromatic carbocycles. The minimum atomic E-state index is -0.719. The molecule has 0 unspecified atom stereocenters. The molecule has 0 radical (unpaired) electrons. The summed E-state index contributed by atoms with van der Waals surface area (Å²) < 4.78 is 0. The SMILES string of the molecule is O=C(c1ccccc1Cl)N(Cc1ccc(Cl)cc1[N+](=O)[O-])N1C(=O)CCCC1=O. The van der Waals surface area contributed by atoms with Gasteiger partial charge in [-0.3, -0.25) is 24.5 Å². The first-order valence-electron chi connectivity index (χ1n) is 8.64. The predicted octanol–water partition coefficient (Wildman–Crippen LogP) is 4.00. The van der Waals surface area contributed by atoms with Crippen LogP contribution in [0.4, 0.5) is 5.69 Å². The average molecular weight is 436 g/mol. The lowest BCUT2D eigenvalue weighted by Gasteiger charge is -2.35. The molecule has 1 aliphatic rings. The van der Waals surface area contributed by atoms with E-state index in [4.69, 9.17) is 23.2 Å². The summed E-state index contributed by atoms with van der Waals surface area (Å²) in [4.78, 5) is 48.9. The predicted molar refractivity (Wildman–Crippen MR) is 105 cm³/mol. The number of hydrogen-bond donors (Lipinski definition) is 0. The third-order valence-electron chi connectivity index (χ3n) is 4.40. The minimum absolute atomic E-state index is 0.0666. The highest BCUT2D eigenvalue weighted by atomic mass is 35.5. The summed E-state index contributed by atoms with van der Waals surface area (Å²) in [6, 6.07) is 10.1. The molecule has 0 aliphatic carbocycles. The summed E-state index contributed by atoms with van der Waals surface area (Å²) in [5.41, 5.74) is -0.144. The Hall–Kier alpha value is -2.97. The Morgan fingerprint density at radius 2 is 1.76 bits per heavy atom. The van der Waals surface area contributed by atoms with E-state index >= 15 is 0 Å². The van der Waals surface area contributed by atoms with Gasteiger partial charge in [0.25, 0.3) is 11.6 Å². The van der Waals surface area contributed by atoms with Crippen molar-refractivity contribution in [2.45, 2.75) is 25.8 Å². The van der Waals surface area contributed by atoms with E-state index in [-0.39, 0.29) is 46.2 Å². The zero-order valence-corrected chi connectivity index (χ0v) is 16.5. The Balaban J connectivity index is 2.08. The topological polar surface area (TPSA) is 101 Å². The summed E-state index contributed by atoms with van der Waals surface area (Å²) in [5, 5.41) is 13.4. The third kappa shape index (κ3) is 4.38. The molecule has 0 aromatic heterocycles. The molecule has 1 saturated heterocycles. The van der Waals surface area contributed by atoms with Crippen LogP contribution in [0.25, 0.3) is 0 Å². The van der Waals surface area contributed by atoms with E-state index in [2.05, 4.69) is 0 Å². The molecule has 0 bridgehead atoms. The number of carbonyl (C=O) groups is 3. The second kappa shape index (κ2) is 8.59. The number of benzene rings is 2. The number of piperidine rings is 1. The highest BCUT2D eigenvalue weighted by molar-refractivity contribution is 6.33. The van der Waals surface area contributed by atoms with Gasteiger partial charge in [0, 0.05) is 23.9 Å². The van der Waals surface area contributed by atoms with Gasteiger partial charge in [0.1, 0.15) is 0 Å². The Labute approximate surface area is 175 Å². The molecule has 0 saturated carbocycles. The van der Waals surface area contributed by atoms with Gasteiger partial charge in [-0.1, -0.05) is 35.3 Å². The van der Waals surface area contributed by atoms with E-state index in [9.17, 15) is 24.5 Å². The molecule has 150 valence electrons. The molecule has 8 nitrogen and oxygen atoms in total. The van der Waals surface area contributed by atoms with Gasteiger partial charge in [0.05, 0.1) is 27.6 Å². The maximum atomic E-state index is 13.2. The highest BCUT2D eigenvalue weighted by Gasteiger charge is 2.36. The fourth-order valence-electron chi connectivity index (χ4n) is 3.02. The smallest absolute Gasteiger partial charge is 0.273 e. The van der Waals surface area contributed by atoms with E-state index in [1.54, 1.807) is 12.1 Å². The fourth-order valence-corrected chi connectivity index (χ4v) is 3.40. The number of hydrazine groups is 1. The lowest BCUT2D eigenvalue weighted by Crippen LogP contribution is -2.54. The molecular weight excluding hydrogens is 421 g/mol. The number of nitro groups is 1. The standard InChI is InChI=1S/C19H15Cl2N3O5/c20-13-9-8-12(16(10-13)24(28)29)11-22(23-17(25)6-3-7-18(23)26)19(27)14-4-1-2-5-15(14)21/h1-2,4-5,8-10H,3,6-7,11H2. The van der Waals surface area contributed by atoms with Gasteiger partial charge in [0.15, 0.2) is 0 Å². The summed E-state index contributed by atoms with van der Waals surface area (Å²) in [7, 11) is 0. The van der Waals surface area contributed by atoms with Crippen LogP contribution in [-0.2, 0) is 16.1 Å². The summed E-state index contributed by atoms with van der Waals surface area (Å²) >= 11 is 12.0.